The van der Waals surface area contributed by atoms with E-state index in [0.29, 0.717) is 6.42 Å². The van der Waals surface area contributed by atoms with Crippen molar-refractivity contribution in [3.8, 4) is 0 Å². The zero-order valence-corrected chi connectivity index (χ0v) is 11.9. The number of hydrogen-bond donors (Lipinski definition) is 5. The van der Waals surface area contributed by atoms with Crippen molar-refractivity contribution in [3.63, 3.8) is 0 Å². The van der Waals surface area contributed by atoms with E-state index >= 15 is 0 Å². The van der Waals surface area contributed by atoms with Crippen molar-refractivity contribution in [2.45, 2.75) is 45.4 Å². The van der Waals surface area contributed by atoms with Crippen LogP contribution in [0.15, 0.2) is 0 Å². The van der Waals surface area contributed by atoms with E-state index in [1.54, 1.807) is 6.92 Å². The summed E-state index contributed by atoms with van der Waals surface area (Å²) in [6, 6.07) is -2.04. The molecule has 0 aliphatic rings. The Balaban J connectivity index is 4.65. The molecule has 20 heavy (non-hydrogen) atoms. The van der Waals surface area contributed by atoms with Gasteiger partial charge < -0.3 is 26.6 Å². The van der Waals surface area contributed by atoms with Crippen LogP contribution in [0.4, 0.5) is 0 Å². The summed E-state index contributed by atoms with van der Waals surface area (Å²) in [4.78, 5) is 33.9. The maximum Gasteiger partial charge on any atom is 0.322 e. The van der Waals surface area contributed by atoms with Gasteiger partial charge in [0.2, 0.25) is 11.8 Å². The zero-order chi connectivity index (χ0) is 15.9. The zero-order valence-electron chi connectivity index (χ0n) is 11.9. The van der Waals surface area contributed by atoms with Crippen LogP contribution < -0.4 is 16.4 Å². The van der Waals surface area contributed by atoms with Crippen LogP contribution in [-0.2, 0) is 14.4 Å². The lowest BCUT2D eigenvalue weighted by molar-refractivity contribution is -0.139. The Labute approximate surface area is 117 Å². The predicted molar refractivity (Wildman–Crippen MR) is 71.7 cm³/mol. The van der Waals surface area contributed by atoms with Crippen molar-refractivity contribution in [1.29, 1.82) is 0 Å². The maximum atomic E-state index is 11.9. The highest BCUT2D eigenvalue weighted by molar-refractivity contribution is 5.91. The minimum Gasteiger partial charge on any atom is -0.480 e. The first kappa shape index (κ1) is 18.3. The number of amides is 2. The van der Waals surface area contributed by atoms with Crippen molar-refractivity contribution >= 4 is 17.8 Å². The second-order valence-corrected chi connectivity index (χ2v) is 4.75. The first-order chi connectivity index (χ1) is 9.20. The van der Waals surface area contributed by atoms with Gasteiger partial charge in [0.15, 0.2) is 0 Å². The van der Waals surface area contributed by atoms with Crippen molar-refractivity contribution in [2.24, 2.45) is 11.7 Å². The SMILES string of the molecule is CC[C@H](C)[C@H](N)C(=O)N[C@H](C(=O)NCC(=O)O)[C@@H](C)O. The van der Waals surface area contributed by atoms with E-state index in [-0.39, 0.29) is 5.92 Å². The van der Waals surface area contributed by atoms with Crippen LogP contribution >= 0.6 is 0 Å². The molecular formula is C12H23N3O5. The number of hydrogen-bond acceptors (Lipinski definition) is 5. The van der Waals surface area contributed by atoms with Gasteiger partial charge in [-0.25, -0.2) is 0 Å². The molecular weight excluding hydrogens is 266 g/mol. The molecule has 0 saturated heterocycles. The second-order valence-electron chi connectivity index (χ2n) is 4.75. The van der Waals surface area contributed by atoms with Crippen molar-refractivity contribution < 1.29 is 24.6 Å². The molecule has 2 amide bonds. The van der Waals surface area contributed by atoms with Gasteiger partial charge in [0.1, 0.15) is 12.6 Å². The second kappa shape index (κ2) is 8.49. The molecule has 0 rings (SSSR count). The molecule has 0 fully saturated rings. The highest BCUT2D eigenvalue weighted by atomic mass is 16.4. The summed E-state index contributed by atoms with van der Waals surface area (Å²) in [6.07, 6.45) is -0.476. The number of rotatable bonds is 8. The van der Waals surface area contributed by atoms with Gasteiger partial charge >= 0.3 is 5.97 Å². The molecule has 4 atom stereocenters. The van der Waals surface area contributed by atoms with E-state index < -0.39 is 42.5 Å². The highest BCUT2D eigenvalue weighted by Crippen LogP contribution is 2.06. The lowest BCUT2D eigenvalue weighted by Crippen LogP contribution is -2.57. The smallest absolute Gasteiger partial charge is 0.322 e. The molecule has 0 heterocycles. The van der Waals surface area contributed by atoms with E-state index in [4.69, 9.17) is 10.8 Å². The molecule has 0 aliphatic carbocycles. The van der Waals surface area contributed by atoms with Gasteiger partial charge in [-0.05, 0) is 12.8 Å². The summed E-state index contributed by atoms with van der Waals surface area (Å²) in [6.45, 7) is 4.41. The lowest BCUT2D eigenvalue weighted by atomic mass is 9.99. The Morgan fingerprint density at radius 2 is 1.75 bits per heavy atom. The molecule has 0 aromatic heterocycles. The molecule has 0 bridgehead atoms. The van der Waals surface area contributed by atoms with Gasteiger partial charge in [-0.1, -0.05) is 20.3 Å². The molecule has 0 spiro atoms. The molecule has 0 unspecified atom stereocenters. The summed E-state index contributed by atoms with van der Waals surface area (Å²) in [7, 11) is 0. The van der Waals surface area contributed by atoms with E-state index in [1.165, 1.54) is 6.92 Å². The van der Waals surface area contributed by atoms with Crippen LogP contribution in [0.3, 0.4) is 0 Å². The standard InChI is InChI=1S/C12H23N3O5/c1-4-6(2)9(13)11(19)15-10(7(3)16)12(20)14-5-8(17)18/h6-7,9-10,16H,4-5,13H2,1-3H3,(H,14,20)(H,15,19)(H,17,18)/t6-,7+,9-,10-/m0/s1. The van der Waals surface area contributed by atoms with Gasteiger partial charge in [-0.3, -0.25) is 14.4 Å². The molecule has 8 nitrogen and oxygen atoms in total. The minimum absolute atomic E-state index is 0.0771. The van der Waals surface area contributed by atoms with Crippen molar-refractivity contribution in [1.82, 2.24) is 10.6 Å². The molecule has 0 aromatic rings. The molecule has 0 radical (unpaired) electrons. The molecule has 0 aromatic carbocycles. The molecule has 0 saturated carbocycles. The number of aliphatic carboxylic acids is 1. The first-order valence-electron chi connectivity index (χ1n) is 6.44. The largest absolute Gasteiger partial charge is 0.480 e. The average molecular weight is 289 g/mol. The monoisotopic (exact) mass is 289 g/mol. The number of nitrogens with two attached hydrogens (primary N) is 1. The topological polar surface area (TPSA) is 142 Å². The van der Waals surface area contributed by atoms with Crippen LogP contribution in [0.1, 0.15) is 27.2 Å². The number of carboxylic acids is 1. The van der Waals surface area contributed by atoms with Crippen LogP contribution in [0.25, 0.3) is 0 Å². The van der Waals surface area contributed by atoms with Gasteiger partial charge in [-0.2, -0.15) is 0 Å². The first-order valence-corrected chi connectivity index (χ1v) is 6.44. The van der Waals surface area contributed by atoms with Crippen LogP contribution in [0, 0.1) is 5.92 Å². The van der Waals surface area contributed by atoms with Crippen LogP contribution in [0.5, 0.6) is 0 Å². The van der Waals surface area contributed by atoms with E-state index in [2.05, 4.69) is 10.6 Å². The Bertz CT molecular complexity index is 359. The summed E-state index contributed by atoms with van der Waals surface area (Å²) in [5.74, 6) is -2.63. The normalized spacial score (nSPS) is 16.6. The summed E-state index contributed by atoms with van der Waals surface area (Å²) in [5.41, 5.74) is 5.72. The number of aliphatic hydroxyl groups excluding tert-OH is 1. The highest BCUT2D eigenvalue weighted by Gasteiger charge is 2.29. The van der Waals surface area contributed by atoms with Crippen LogP contribution in [-0.4, -0.2) is 52.7 Å². The third kappa shape index (κ3) is 5.98. The number of aliphatic hydroxyl groups is 1. The van der Waals surface area contributed by atoms with E-state index in [1.807, 2.05) is 6.92 Å². The van der Waals surface area contributed by atoms with E-state index in [9.17, 15) is 19.5 Å². The molecule has 116 valence electrons. The third-order valence-electron chi connectivity index (χ3n) is 3.04. The number of carboxylic acid groups (broad SMARTS) is 1. The van der Waals surface area contributed by atoms with E-state index in [0.717, 1.165) is 0 Å². The fraction of sp³-hybridized carbons (Fsp3) is 0.750. The molecule has 8 heteroatoms. The van der Waals surface area contributed by atoms with Gasteiger partial charge in [0, 0.05) is 0 Å². The fourth-order valence-electron chi connectivity index (χ4n) is 1.44. The number of carbonyl (C=O) groups is 3. The van der Waals surface area contributed by atoms with Gasteiger partial charge in [0.25, 0.3) is 0 Å². The van der Waals surface area contributed by atoms with Gasteiger partial charge in [-0.15, -0.1) is 0 Å². The summed E-state index contributed by atoms with van der Waals surface area (Å²) < 4.78 is 0. The number of nitrogens with one attached hydrogen (secondary N) is 2. The van der Waals surface area contributed by atoms with Crippen molar-refractivity contribution in [3.05, 3.63) is 0 Å². The van der Waals surface area contributed by atoms with Crippen LogP contribution in [0.2, 0.25) is 0 Å². The minimum atomic E-state index is -1.24. The van der Waals surface area contributed by atoms with Gasteiger partial charge in [0.05, 0.1) is 12.1 Å². The molecule has 0 aliphatic heterocycles. The fourth-order valence-corrected chi connectivity index (χ4v) is 1.44. The molecule has 6 N–H and O–H groups in total. The predicted octanol–water partition coefficient (Wildman–Crippen LogP) is -1.57. The lowest BCUT2D eigenvalue weighted by Gasteiger charge is -2.24. The Kier molecular flexibility index (Phi) is 7.78. The Hall–Kier alpha value is -1.67. The summed E-state index contributed by atoms with van der Waals surface area (Å²) in [5, 5.41) is 22.4. The third-order valence-corrected chi connectivity index (χ3v) is 3.04. The maximum absolute atomic E-state index is 11.9. The summed E-state index contributed by atoms with van der Waals surface area (Å²) >= 11 is 0. The number of carbonyl (C=O) groups excluding carboxylic acids is 2. The average Bonchev–Trinajstić information content (AvgIpc) is 2.39. The quantitative estimate of drug-likeness (QED) is 0.365. The van der Waals surface area contributed by atoms with Crippen molar-refractivity contribution in [2.75, 3.05) is 6.54 Å². The Morgan fingerprint density at radius 3 is 2.15 bits per heavy atom. The Morgan fingerprint density at radius 1 is 1.20 bits per heavy atom.